The smallest absolute Gasteiger partial charge is 0.230 e. The van der Waals surface area contributed by atoms with Crippen molar-refractivity contribution in [3.8, 4) is 22.6 Å². The second kappa shape index (κ2) is 4.85. The molecule has 0 radical (unpaired) electrons. The van der Waals surface area contributed by atoms with E-state index in [0.717, 1.165) is 0 Å². The summed E-state index contributed by atoms with van der Waals surface area (Å²) in [7, 11) is 1.85. The number of aromatic nitrogens is 3. The van der Waals surface area contributed by atoms with E-state index in [-0.39, 0.29) is 5.88 Å². The van der Waals surface area contributed by atoms with Crippen LogP contribution in [0.2, 0.25) is 10.0 Å². The summed E-state index contributed by atoms with van der Waals surface area (Å²) in [5.41, 5.74) is 7.53. The molecule has 2 N–H and O–H groups in total. The maximum Gasteiger partial charge on any atom is 0.230 e. The molecule has 2 heterocycles. The van der Waals surface area contributed by atoms with Gasteiger partial charge in [0.1, 0.15) is 0 Å². The van der Waals surface area contributed by atoms with E-state index in [2.05, 4.69) is 10.1 Å². The van der Waals surface area contributed by atoms with Crippen LogP contribution in [0.1, 0.15) is 0 Å². The molecule has 2 aromatic heterocycles. The second-order valence-corrected chi connectivity index (χ2v) is 5.04. The van der Waals surface area contributed by atoms with Gasteiger partial charge in [-0.3, -0.25) is 0 Å². The summed E-state index contributed by atoms with van der Waals surface area (Å²) < 4.78 is 6.91. The molecule has 0 aliphatic heterocycles. The predicted molar refractivity (Wildman–Crippen MR) is 78.6 cm³/mol. The van der Waals surface area contributed by atoms with Gasteiger partial charge in [0, 0.05) is 25.0 Å². The second-order valence-electron chi connectivity index (χ2n) is 4.23. The minimum atomic E-state index is 0.151. The minimum Gasteiger partial charge on any atom is -0.367 e. The van der Waals surface area contributed by atoms with Gasteiger partial charge in [0.25, 0.3) is 0 Å². The largest absolute Gasteiger partial charge is 0.367 e. The number of hydrogen-bond donors (Lipinski definition) is 1. The van der Waals surface area contributed by atoms with Crippen LogP contribution in [0.15, 0.2) is 35.1 Å². The number of nitrogens with zero attached hydrogens (tertiary/aromatic N) is 3. The zero-order valence-electron chi connectivity index (χ0n) is 10.5. The van der Waals surface area contributed by atoms with Gasteiger partial charge in [0.2, 0.25) is 5.88 Å². The van der Waals surface area contributed by atoms with Crippen molar-refractivity contribution in [2.24, 2.45) is 7.05 Å². The molecular weight excluding hydrogens is 299 g/mol. The third kappa shape index (κ3) is 1.95. The molecular formula is C13H10Cl2N4O. The van der Waals surface area contributed by atoms with Crippen LogP contribution in [0.5, 0.6) is 0 Å². The van der Waals surface area contributed by atoms with Crippen LogP contribution in [0.3, 0.4) is 0 Å². The zero-order valence-corrected chi connectivity index (χ0v) is 12.0. The molecule has 5 nitrogen and oxygen atoms in total. The van der Waals surface area contributed by atoms with Crippen LogP contribution < -0.4 is 5.73 Å². The molecule has 0 aliphatic carbocycles. The Balaban J connectivity index is 2.31. The van der Waals surface area contributed by atoms with Gasteiger partial charge in [-0.1, -0.05) is 34.4 Å². The number of anilines is 1. The highest BCUT2D eigenvalue weighted by Crippen LogP contribution is 2.42. The number of aryl methyl sites for hydroxylation is 1. The van der Waals surface area contributed by atoms with Crippen molar-refractivity contribution in [2.45, 2.75) is 0 Å². The van der Waals surface area contributed by atoms with Crippen molar-refractivity contribution < 1.29 is 4.52 Å². The Morgan fingerprint density at radius 3 is 2.50 bits per heavy atom. The van der Waals surface area contributed by atoms with E-state index in [1.54, 1.807) is 30.6 Å². The number of rotatable bonds is 2. The van der Waals surface area contributed by atoms with Crippen LogP contribution in [0.25, 0.3) is 22.6 Å². The Kier molecular flexibility index (Phi) is 3.16. The van der Waals surface area contributed by atoms with Gasteiger partial charge >= 0.3 is 0 Å². The highest BCUT2D eigenvalue weighted by atomic mass is 35.5. The van der Waals surface area contributed by atoms with Crippen molar-refractivity contribution in [1.82, 2.24) is 14.7 Å². The first-order valence-electron chi connectivity index (χ1n) is 5.77. The molecule has 1 aromatic carbocycles. The van der Waals surface area contributed by atoms with E-state index in [1.165, 1.54) is 0 Å². The fraction of sp³-hybridized carbons (Fsp3) is 0.0769. The van der Waals surface area contributed by atoms with Crippen molar-refractivity contribution in [3.05, 3.63) is 40.6 Å². The first kappa shape index (κ1) is 13.0. The summed E-state index contributed by atoms with van der Waals surface area (Å²) in [5.74, 6) is 0.773. The van der Waals surface area contributed by atoms with E-state index in [1.807, 2.05) is 11.6 Å². The third-order valence-electron chi connectivity index (χ3n) is 2.96. The van der Waals surface area contributed by atoms with E-state index in [0.29, 0.717) is 32.7 Å². The lowest BCUT2D eigenvalue weighted by atomic mass is 10.0. The van der Waals surface area contributed by atoms with Crippen molar-refractivity contribution in [3.63, 3.8) is 0 Å². The highest BCUT2D eigenvalue weighted by molar-refractivity contribution is 6.39. The average molecular weight is 309 g/mol. The van der Waals surface area contributed by atoms with Gasteiger partial charge in [-0.15, -0.1) is 0 Å². The lowest BCUT2D eigenvalue weighted by molar-refractivity contribution is 0.438. The quantitative estimate of drug-likeness (QED) is 0.784. The monoisotopic (exact) mass is 308 g/mol. The number of imidazole rings is 1. The molecule has 0 bridgehead atoms. The molecule has 0 unspecified atom stereocenters. The molecule has 0 saturated carbocycles. The fourth-order valence-corrected chi connectivity index (χ4v) is 2.61. The molecule has 0 amide bonds. The van der Waals surface area contributed by atoms with Crippen LogP contribution in [-0.2, 0) is 7.05 Å². The van der Waals surface area contributed by atoms with Crippen molar-refractivity contribution >= 4 is 29.1 Å². The summed E-state index contributed by atoms with van der Waals surface area (Å²) in [5, 5.41) is 4.93. The van der Waals surface area contributed by atoms with Crippen LogP contribution in [-0.4, -0.2) is 14.7 Å². The summed E-state index contributed by atoms with van der Waals surface area (Å²) in [6.45, 7) is 0. The van der Waals surface area contributed by atoms with E-state index in [4.69, 9.17) is 33.5 Å². The molecule has 3 aromatic rings. The number of halogens is 2. The van der Waals surface area contributed by atoms with Gasteiger partial charge in [-0.2, -0.15) is 0 Å². The number of nitrogen functional groups attached to an aromatic ring is 1. The van der Waals surface area contributed by atoms with Gasteiger partial charge in [-0.05, 0) is 12.1 Å². The van der Waals surface area contributed by atoms with Gasteiger partial charge in [-0.25, -0.2) is 4.98 Å². The molecule has 20 heavy (non-hydrogen) atoms. The first-order valence-corrected chi connectivity index (χ1v) is 6.52. The van der Waals surface area contributed by atoms with E-state index >= 15 is 0 Å². The Hall–Kier alpha value is -1.98. The van der Waals surface area contributed by atoms with Crippen molar-refractivity contribution in [1.29, 1.82) is 0 Å². The normalized spacial score (nSPS) is 10.9. The molecule has 0 aliphatic rings. The topological polar surface area (TPSA) is 69.9 Å². The Morgan fingerprint density at radius 1 is 1.20 bits per heavy atom. The van der Waals surface area contributed by atoms with Crippen LogP contribution >= 0.6 is 23.2 Å². The maximum atomic E-state index is 6.23. The average Bonchev–Trinajstić information content (AvgIpc) is 2.97. The zero-order chi connectivity index (χ0) is 14.3. The minimum absolute atomic E-state index is 0.151. The maximum absolute atomic E-state index is 6.23. The van der Waals surface area contributed by atoms with Crippen LogP contribution in [0.4, 0.5) is 5.88 Å². The SMILES string of the molecule is Cn1ccnc1-c1noc(N)c1-c1c(Cl)cccc1Cl. The predicted octanol–water partition coefficient (Wildman–Crippen LogP) is 3.63. The Morgan fingerprint density at radius 2 is 1.90 bits per heavy atom. The molecule has 0 saturated heterocycles. The molecule has 0 atom stereocenters. The lowest BCUT2D eigenvalue weighted by Gasteiger charge is -2.07. The Labute approximate surface area is 124 Å². The summed E-state index contributed by atoms with van der Waals surface area (Å²) in [4.78, 5) is 4.24. The fourth-order valence-electron chi connectivity index (χ4n) is 2.03. The molecule has 3 rings (SSSR count). The lowest BCUT2D eigenvalue weighted by Crippen LogP contribution is -1.95. The molecule has 0 fully saturated rings. The van der Waals surface area contributed by atoms with E-state index in [9.17, 15) is 0 Å². The van der Waals surface area contributed by atoms with Gasteiger partial charge in [0.15, 0.2) is 11.5 Å². The van der Waals surface area contributed by atoms with Crippen LogP contribution in [0, 0.1) is 0 Å². The molecule has 7 heteroatoms. The van der Waals surface area contributed by atoms with E-state index < -0.39 is 0 Å². The van der Waals surface area contributed by atoms with Gasteiger partial charge < -0.3 is 14.8 Å². The third-order valence-corrected chi connectivity index (χ3v) is 3.59. The first-order chi connectivity index (χ1) is 9.59. The molecule has 102 valence electrons. The number of hydrogen-bond acceptors (Lipinski definition) is 4. The Bertz CT molecular complexity index is 758. The summed E-state index contributed by atoms with van der Waals surface area (Å²) in [6.07, 6.45) is 3.47. The highest BCUT2D eigenvalue weighted by Gasteiger charge is 2.23. The number of nitrogens with two attached hydrogens (primary N) is 1. The van der Waals surface area contributed by atoms with Gasteiger partial charge in [0.05, 0.1) is 15.6 Å². The molecule has 0 spiro atoms. The standard InChI is InChI=1S/C13H10Cl2N4O/c1-19-6-5-17-13(19)11-10(12(16)20-18-11)9-7(14)3-2-4-8(9)15/h2-6H,16H2,1H3. The summed E-state index contributed by atoms with van der Waals surface area (Å²) in [6, 6.07) is 5.23. The number of benzene rings is 1. The van der Waals surface area contributed by atoms with Crippen molar-refractivity contribution in [2.75, 3.05) is 5.73 Å². The summed E-state index contributed by atoms with van der Waals surface area (Å²) >= 11 is 12.5.